The third-order valence-corrected chi connectivity index (χ3v) is 4.99. The van der Waals surface area contributed by atoms with Gasteiger partial charge in [0.2, 0.25) is 11.5 Å². The molecule has 3 aromatic heterocycles. The van der Waals surface area contributed by atoms with Crippen molar-refractivity contribution in [2.45, 2.75) is 25.9 Å². The lowest BCUT2D eigenvalue weighted by molar-refractivity contribution is -0.319. The van der Waals surface area contributed by atoms with Crippen molar-refractivity contribution in [3.63, 3.8) is 0 Å². The normalized spacial score (nSPS) is 16.2. The Morgan fingerprint density at radius 1 is 1.48 bits per heavy atom. The summed E-state index contributed by atoms with van der Waals surface area (Å²) in [4.78, 5) is 33.5. The van der Waals surface area contributed by atoms with E-state index in [0.29, 0.717) is 41.2 Å². The number of anilines is 1. The van der Waals surface area contributed by atoms with Crippen LogP contribution in [0.2, 0.25) is 0 Å². The minimum Gasteiger partial charge on any atom is -0.376 e. The lowest BCUT2D eigenvalue weighted by atomic mass is 10.1. The Morgan fingerprint density at radius 3 is 3.10 bits per heavy atom. The van der Waals surface area contributed by atoms with Crippen LogP contribution in [0.25, 0.3) is 16.7 Å². The largest absolute Gasteiger partial charge is 0.376 e. The number of aromatic nitrogens is 3. The lowest BCUT2D eigenvalue weighted by Crippen LogP contribution is -2.29. The van der Waals surface area contributed by atoms with E-state index < -0.39 is 0 Å². The molecule has 1 saturated heterocycles. The fraction of sp³-hybridized carbons (Fsp3) is 0.333. The van der Waals surface area contributed by atoms with Crippen molar-refractivity contribution < 1.29 is 14.5 Å². The molecule has 1 fully saturated rings. The smallest absolute Gasteiger partial charge is 0.325 e. The van der Waals surface area contributed by atoms with Gasteiger partial charge in [0.1, 0.15) is 10.9 Å². The second-order valence-corrected chi connectivity index (χ2v) is 7.19. The molecule has 150 valence electrons. The summed E-state index contributed by atoms with van der Waals surface area (Å²) in [6, 6.07) is 5.35. The fourth-order valence-electron chi connectivity index (χ4n) is 3.48. The van der Waals surface area contributed by atoms with Gasteiger partial charge in [-0.25, -0.2) is 9.78 Å². The highest BCUT2D eigenvalue weighted by molar-refractivity contribution is 6.01. The standard InChI is InChI=1S/C21H23N5O3/c1-3-8-22-20(27)15-10-16-19(25-18(15)23-11-14-5-4-9-29-14)24-17-7-6-13(2)12-26(17)21(16)28/h3,6-7,10,12,14H,1,4-5,8-9,11H2,2H3,(H,22,27)(H,23,25)/p+1/t14-/m1/s1. The Hall–Kier alpha value is -3.26. The number of hydrogen-bond acceptors (Lipinski definition) is 5. The van der Waals surface area contributed by atoms with Crippen LogP contribution in [0.4, 0.5) is 5.82 Å². The molecule has 1 amide bonds. The number of ether oxygens (including phenoxy) is 1. The number of fused-ring (bicyclic) bond motifs is 2. The maximum Gasteiger partial charge on any atom is 0.325 e. The number of aryl methyl sites for hydroxylation is 1. The molecular weight excluding hydrogens is 370 g/mol. The number of pyridine rings is 2. The van der Waals surface area contributed by atoms with Crippen molar-refractivity contribution in [3.8, 4) is 0 Å². The number of nitrogens with zero attached hydrogens (tertiary/aromatic N) is 2. The van der Waals surface area contributed by atoms with Crippen LogP contribution in [0.1, 0.15) is 28.8 Å². The third kappa shape index (κ3) is 3.84. The van der Waals surface area contributed by atoms with Crippen LogP contribution in [0.3, 0.4) is 0 Å². The average Bonchev–Trinajstić information content (AvgIpc) is 3.24. The van der Waals surface area contributed by atoms with E-state index in [1.807, 2.05) is 19.1 Å². The molecule has 4 heterocycles. The van der Waals surface area contributed by atoms with Gasteiger partial charge in [0.05, 0.1) is 12.3 Å². The molecule has 0 saturated carbocycles. The van der Waals surface area contributed by atoms with E-state index in [0.717, 1.165) is 25.0 Å². The van der Waals surface area contributed by atoms with Gasteiger partial charge in [0, 0.05) is 25.8 Å². The van der Waals surface area contributed by atoms with Crippen molar-refractivity contribution in [1.82, 2.24) is 14.7 Å². The lowest BCUT2D eigenvalue weighted by Gasteiger charge is -2.12. The number of carbonyl (C=O) groups is 1. The Labute approximate surface area is 167 Å². The molecule has 0 aromatic carbocycles. The molecule has 0 spiro atoms. The van der Waals surface area contributed by atoms with Gasteiger partial charge in [0.15, 0.2) is 0 Å². The number of amides is 1. The molecule has 0 bridgehead atoms. The molecule has 0 unspecified atom stereocenters. The molecule has 0 radical (unpaired) electrons. The van der Waals surface area contributed by atoms with Crippen LogP contribution in [0, 0.1) is 6.92 Å². The molecule has 1 aliphatic heterocycles. The molecule has 4 rings (SSSR count). The first kappa shape index (κ1) is 19.1. The Bertz CT molecular complexity index is 1150. The molecule has 1 aliphatic rings. The molecule has 29 heavy (non-hydrogen) atoms. The summed E-state index contributed by atoms with van der Waals surface area (Å²) in [6.45, 7) is 7.16. The Kier molecular flexibility index (Phi) is 5.26. The highest BCUT2D eigenvalue weighted by Gasteiger charge is 2.23. The Morgan fingerprint density at radius 2 is 2.34 bits per heavy atom. The summed E-state index contributed by atoms with van der Waals surface area (Å²) in [5, 5.41) is 6.34. The number of rotatable bonds is 6. The topological polar surface area (TPSA) is 98.9 Å². The first-order valence-electron chi connectivity index (χ1n) is 9.70. The van der Waals surface area contributed by atoms with Crippen molar-refractivity contribution in [3.05, 3.63) is 58.5 Å². The van der Waals surface area contributed by atoms with Crippen LogP contribution in [-0.4, -0.2) is 41.1 Å². The van der Waals surface area contributed by atoms with Gasteiger partial charge in [-0.2, -0.15) is 4.40 Å². The highest BCUT2D eigenvalue weighted by atomic mass is 16.5. The zero-order chi connectivity index (χ0) is 20.4. The number of nitrogens with one attached hydrogen (secondary N) is 3. The average molecular weight is 394 g/mol. The molecule has 8 heteroatoms. The molecule has 0 aliphatic carbocycles. The number of carbonyl (C=O) groups excluding carboxylic acids is 1. The van der Waals surface area contributed by atoms with E-state index in [2.05, 4.69) is 27.2 Å². The minimum absolute atomic E-state index is 0.0887. The van der Waals surface area contributed by atoms with Gasteiger partial charge in [-0.15, -0.1) is 6.58 Å². The first-order chi connectivity index (χ1) is 14.1. The molecular formula is C21H24N5O3+. The van der Waals surface area contributed by atoms with Crippen molar-refractivity contribution in [2.75, 3.05) is 25.0 Å². The second kappa shape index (κ2) is 8.00. The second-order valence-electron chi connectivity index (χ2n) is 7.19. The summed E-state index contributed by atoms with van der Waals surface area (Å²) in [5.41, 5.74) is 2.10. The van der Waals surface area contributed by atoms with E-state index in [9.17, 15) is 9.59 Å². The summed E-state index contributed by atoms with van der Waals surface area (Å²) in [6.07, 6.45) is 5.45. The molecule has 1 atom stereocenters. The first-order valence-corrected chi connectivity index (χ1v) is 9.70. The monoisotopic (exact) mass is 394 g/mol. The highest BCUT2D eigenvalue weighted by Crippen LogP contribution is 2.19. The van der Waals surface area contributed by atoms with E-state index in [-0.39, 0.29) is 17.6 Å². The maximum atomic E-state index is 13.0. The summed E-state index contributed by atoms with van der Waals surface area (Å²) < 4.78 is 7.18. The van der Waals surface area contributed by atoms with Crippen molar-refractivity contribution >= 4 is 28.4 Å². The van der Waals surface area contributed by atoms with E-state index >= 15 is 0 Å². The van der Waals surface area contributed by atoms with Crippen molar-refractivity contribution in [2.24, 2.45) is 0 Å². The van der Waals surface area contributed by atoms with Gasteiger partial charge in [-0.1, -0.05) is 11.1 Å². The van der Waals surface area contributed by atoms with Gasteiger partial charge in [0.25, 0.3) is 11.6 Å². The number of aromatic amines is 1. The predicted octanol–water partition coefficient (Wildman–Crippen LogP) is 1.48. The van der Waals surface area contributed by atoms with Crippen LogP contribution in [0.15, 0.2) is 41.8 Å². The molecule has 3 N–H and O–H groups in total. The van der Waals surface area contributed by atoms with Crippen LogP contribution in [0.5, 0.6) is 0 Å². The summed E-state index contributed by atoms with van der Waals surface area (Å²) in [7, 11) is 0. The van der Waals surface area contributed by atoms with Gasteiger partial charge in [-0.3, -0.25) is 4.79 Å². The zero-order valence-corrected chi connectivity index (χ0v) is 16.3. The SMILES string of the molecule is C=CCNC(=O)c1cc2c(=O)n3cc(C)ccc3[nH+]c2nc1NC[C@H]1CCCO1. The van der Waals surface area contributed by atoms with Gasteiger partial charge < -0.3 is 15.4 Å². The van der Waals surface area contributed by atoms with Crippen LogP contribution in [-0.2, 0) is 4.74 Å². The summed E-state index contributed by atoms with van der Waals surface area (Å²) in [5.74, 6) is 0.101. The molecule has 3 aromatic rings. The van der Waals surface area contributed by atoms with Gasteiger partial charge >= 0.3 is 5.56 Å². The third-order valence-electron chi connectivity index (χ3n) is 4.99. The number of H-pyrrole nitrogens is 1. The van der Waals surface area contributed by atoms with E-state index in [1.165, 1.54) is 4.40 Å². The predicted molar refractivity (Wildman–Crippen MR) is 110 cm³/mol. The van der Waals surface area contributed by atoms with Gasteiger partial charge in [-0.05, 0) is 37.5 Å². The minimum atomic E-state index is -0.317. The van der Waals surface area contributed by atoms with Crippen LogP contribution >= 0.6 is 0 Å². The Balaban J connectivity index is 1.82. The maximum absolute atomic E-state index is 13.0. The zero-order valence-electron chi connectivity index (χ0n) is 16.3. The van der Waals surface area contributed by atoms with E-state index in [4.69, 9.17) is 4.74 Å². The number of hydrogen-bond donors (Lipinski definition) is 2. The quantitative estimate of drug-likeness (QED) is 0.487. The summed E-state index contributed by atoms with van der Waals surface area (Å²) >= 11 is 0. The van der Waals surface area contributed by atoms with Crippen LogP contribution < -0.4 is 21.2 Å². The molecule has 8 nitrogen and oxygen atoms in total. The fourth-order valence-corrected chi connectivity index (χ4v) is 3.48. The van der Waals surface area contributed by atoms with E-state index in [1.54, 1.807) is 18.3 Å². The van der Waals surface area contributed by atoms with Crippen molar-refractivity contribution in [1.29, 1.82) is 0 Å².